The molecule has 0 aliphatic heterocycles. The Morgan fingerprint density at radius 1 is 0.688 bits per heavy atom. The quantitative estimate of drug-likeness (QED) is 0.0908. The van der Waals surface area contributed by atoms with Crippen LogP contribution in [-0.4, -0.2) is 26.0 Å². The summed E-state index contributed by atoms with van der Waals surface area (Å²) in [5.41, 5.74) is 20.8. The molecule has 0 aliphatic carbocycles. The smallest absolute Gasteiger partial charge is 0.399 e. The Morgan fingerprint density at radius 3 is 1.73 bits per heavy atom. The number of anilines is 5. The molecule has 0 unspecified atom stereocenters. The minimum absolute atomic E-state index is 0.353. The highest BCUT2D eigenvalue weighted by atomic mass is 32.1. The third-order valence-corrected chi connectivity index (χ3v) is 8.79. The number of rotatable bonds is 4. The lowest BCUT2D eigenvalue weighted by atomic mass is 10.1. The first-order valence-corrected chi connectivity index (χ1v) is 15.6. The Morgan fingerprint density at radius 2 is 1.21 bits per heavy atom. The molecule has 8 N–H and O–H groups in total. The number of hydrogen-bond donors (Lipinski definition) is 5. The number of nitrogens with zero attached hydrogens (tertiary/aromatic N) is 4. The summed E-state index contributed by atoms with van der Waals surface area (Å²) in [4.78, 5) is 30.2. The van der Waals surface area contributed by atoms with Gasteiger partial charge in [-0.2, -0.15) is 13.2 Å². The van der Waals surface area contributed by atoms with Gasteiger partial charge >= 0.3 is 12.2 Å². The lowest BCUT2D eigenvalue weighted by Gasteiger charge is -2.12. The average molecular weight is 690 g/mol. The van der Waals surface area contributed by atoms with Gasteiger partial charge in [0.1, 0.15) is 39.8 Å². The van der Waals surface area contributed by atoms with Gasteiger partial charge in [-0.05, 0) is 53.6 Å². The molecule has 3 aromatic carbocycles. The third-order valence-electron chi connectivity index (χ3n) is 7.02. The molecule has 0 spiro atoms. The van der Waals surface area contributed by atoms with Crippen LogP contribution in [0.2, 0.25) is 0 Å². The summed E-state index contributed by atoms with van der Waals surface area (Å²) in [6, 6.07) is 15.3. The molecule has 48 heavy (non-hydrogen) atoms. The molecule has 0 saturated heterocycles. The van der Waals surface area contributed by atoms with Gasteiger partial charge in [0.2, 0.25) is 0 Å². The van der Waals surface area contributed by atoms with Gasteiger partial charge in [0.25, 0.3) is 0 Å². The van der Waals surface area contributed by atoms with Crippen LogP contribution in [0.4, 0.5) is 51.1 Å². The molecule has 4 aromatic heterocycles. The van der Waals surface area contributed by atoms with E-state index in [1.807, 2.05) is 35.0 Å². The van der Waals surface area contributed by atoms with Gasteiger partial charge in [-0.3, -0.25) is 0 Å². The Hall–Kier alpha value is -5.87. The van der Waals surface area contributed by atoms with Gasteiger partial charge in [0, 0.05) is 33.3 Å². The molecule has 0 bridgehead atoms. The zero-order valence-electron chi connectivity index (χ0n) is 24.4. The van der Waals surface area contributed by atoms with E-state index in [1.54, 1.807) is 35.6 Å². The van der Waals surface area contributed by atoms with Crippen LogP contribution >= 0.6 is 22.7 Å². The van der Waals surface area contributed by atoms with Gasteiger partial charge in [-0.25, -0.2) is 29.1 Å². The SMILES string of the molecule is Nc1ccc(-c2csc3ncnc(N)c23)cc1.Nc1ncnc2scc(-c3ccc(NC(=O)Nc4cc(C(F)(F)F)ccc4F)cc3)c12. The number of nitrogen functional groups attached to an aromatic ring is 3. The fourth-order valence-electron chi connectivity index (χ4n) is 4.70. The monoisotopic (exact) mass is 689 g/mol. The summed E-state index contributed by atoms with van der Waals surface area (Å²) < 4.78 is 52.2. The van der Waals surface area contributed by atoms with Crippen molar-refractivity contribution in [3.63, 3.8) is 0 Å². The number of halogens is 4. The predicted octanol–water partition coefficient (Wildman–Crippen LogP) is 8.27. The number of nitrogens with one attached hydrogen (secondary N) is 2. The number of urea groups is 1. The van der Waals surface area contributed by atoms with Crippen molar-refractivity contribution in [2.45, 2.75) is 6.18 Å². The third kappa shape index (κ3) is 6.79. The van der Waals surface area contributed by atoms with Crippen LogP contribution < -0.4 is 27.8 Å². The molecule has 7 aromatic rings. The number of alkyl halides is 3. The highest BCUT2D eigenvalue weighted by Gasteiger charge is 2.31. The van der Waals surface area contributed by atoms with Crippen LogP contribution in [0.5, 0.6) is 0 Å². The maximum atomic E-state index is 13.8. The van der Waals surface area contributed by atoms with Crippen molar-refractivity contribution in [3.8, 4) is 22.3 Å². The zero-order valence-corrected chi connectivity index (χ0v) is 26.1. The highest BCUT2D eigenvalue weighted by molar-refractivity contribution is 7.17. The number of benzene rings is 3. The lowest BCUT2D eigenvalue weighted by molar-refractivity contribution is -0.137. The van der Waals surface area contributed by atoms with Crippen molar-refractivity contribution >= 4 is 77.8 Å². The fourth-order valence-corrected chi connectivity index (χ4v) is 6.55. The van der Waals surface area contributed by atoms with E-state index in [-0.39, 0.29) is 0 Å². The molecule has 0 atom stereocenters. The molecule has 0 fully saturated rings. The number of nitrogens with two attached hydrogens (primary N) is 3. The highest BCUT2D eigenvalue weighted by Crippen LogP contribution is 2.37. The fraction of sp³-hybridized carbons (Fsp3) is 0.0312. The van der Waals surface area contributed by atoms with E-state index in [0.29, 0.717) is 35.5 Å². The van der Waals surface area contributed by atoms with Crippen molar-refractivity contribution in [2.75, 3.05) is 27.8 Å². The predicted molar refractivity (Wildman–Crippen MR) is 183 cm³/mol. The maximum absolute atomic E-state index is 13.8. The largest absolute Gasteiger partial charge is 0.416 e. The number of hydrogen-bond acceptors (Lipinski definition) is 10. The number of thiophene rings is 2. The second kappa shape index (κ2) is 13.1. The Kier molecular flexibility index (Phi) is 8.75. The molecular weight excluding hydrogens is 667 g/mol. The van der Waals surface area contributed by atoms with E-state index in [1.165, 1.54) is 24.0 Å². The first kappa shape index (κ1) is 32.1. The Balaban J connectivity index is 0.000000198. The van der Waals surface area contributed by atoms with Gasteiger partial charge in [-0.1, -0.05) is 24.3 Å². The van der Waals surface area contributed by atoms with Crippen molar-refractivity contribution in [1.82, 2.24) is 19.9 Å². The van der Waals surface area contributed by atoms with E-state index in [0.717, 1.165) is 48.4 Å². The summed E-state index contributed by atoms with van der Waals surface area (Å²) in [5, 5.41) is 10.1. The number of carbonyl (C=O) groups excluding carboxylic acids is 1. The summed E-state index contributed by atoms with van der Waals surface area (Å²) in [6.07, 6.45) is -1.78. The van der Waals surface area contributed by atoms with E-state index in [4.69, 9.17) is 17.2 Å². The second-order valence-corrected chi connectivity index (χ2v) is 11.9. The topological polar surface area (TPSA) is 171 Å². The van der Waals surface area contributed by atoms with E-state index < -0.39 is 29.3 Å². The Labute approximate surface area is 277 Å². The number of fused-ring (bicyclic) bond motifs is 2. The molecule has 7 rings (SSSR count). The minimum Gasteiger partial charge on any atom is -0.399 e. The van der Waals surface area contributed by atoms with Gasteiger partial charge in [0.05, 0.1) is 22.0 Å². The zero-order chi connectivity index (χ0) is 34.0. The normalized spacial score (nSPS) is 11.2. The number of aromatic nitrogens is 4. The summed E-state index contributed by atoms with van der Waals surface area (Å²) >= 11 is 2.98. The van der Waals surface area contributed by atoms with Crippen molar-refractivity contribution in [2.24, 2.45) is 0 Å². The second-order valence-electron chi connectivity index (χ2n) is 10.1. The van der Waals surface area contributed by atoms with Gasteiger partial charge in [0.15, 0.2) is 0 Å². The van der Waals surface area contributed by atoms with Crippen LogP contribution in [0.3, 0.4) is 0 Å². The van der Waals surface area contributed by atoms with Gasteiger partial charge in [-0.15, -0.1) is 22.7 Å². The molecular formula is C32H23F4N9OS2. The van der Waals surface area contributed by atoms with E-state index in [2.05, 4.69) is 30.6 Å². The molecule has 0 aliphatic rings. The Bertz CT molecular complexity index is 2250. The molecule has 16 heteroatoms. The van der Waals surface area contributed by atoms with Crippen molar-refractivity contribution in [3.05, 3.63) is 102 Å². The standard InChI is InChI=1S/C20H13F4N5OS.C12H10N4S/c21-14-6-3-11(20(22,23)24)7-15(14)29-19(30)28-12-4-1-10(2-5-12)13-8-31-18-16(13)17(25)26-9-27-18;13-8-3-1-7(2-4-8)9-5-17-12-10(9)11(14)15-6-16-12/h1-9H,(H2,25,26,27)(H2,28,29,30);1-6H,13H2,(H2,14,15,16). The molecule has 2 amide bonds. The summed E-state index contributed by atoms with van der Waals surface area (Å²) in [6.45, 7) is 0. The van der Waals surface area contributed by atoms with Crippen LogP contribution in [0.25, 0.3) is 42.7 Å². The molecule has 4 heterocycles. The average Bonchev–Trinajstić information content (AvgIpc) is 3.69. The minimum atomic E-state index is -4.66. The molecule has 242 valence electrons. The van der Waals surface area contributed by atoms with Crippen molar-refractivity contribution in [1.29, 1.82) is 0 Å². The van der Waals surface area contributed by atoms with Crippen LogP contribution in [0, 0.1) is 5.82 Å². The van der Waals surface area contributed by atoms with E-state index >= 15 is 0 Å². The first-order valence-electron chi connectivity index (χ1n) is 13.8. The van der Waals surface area contributed by atoms with Crippen LogP contribution in [-0.2, 0) is 6.18 Å². The lowest BCUT2D eigenvalue weighted by Crippen LogP contribution is -2.20. The van der Waals surface area contributed by atoms with Crippen LogP contribution in [0.15, 0.2) is 90.1 Å². The number of amides is 2. The van der Waals surface area contributed by atoms with Crippen LogP contribution in [0.1, 0.15) is 5.56 Å². The molecule has 0 saturated carbocycles. The molecule has 10 nitrogen and oxygen atoms in total. The summed E-state index contributed by atoms with van der Waals surface area (Å²) in [5.74, 6) is -0.114. The molecule has 0 radical (unpaired) electrons. The number of carbonyl (C=O) groups is 1. The van der Waals surface area contributed by atoms with Gasteiger partial charge < -0.3 is 27.8 Å². The van der Waals surface area contributed by atoms with Crippen molar-refractivity contribution < 1.29 is 22.4 Å². The summed E-state index contributed by atoms with van der Waals surface area (Å²) in [7, 11) is 0. The maximum Gasteiger partial charge on any atom is 0.416 e. The first-order chi connectivity index (χ1) is 23.0. The van der Waals surface area contributed by atoms with E-state index in [9.17, 15) is 22.4 Å².